The van der Waals surface area contributed by atoms with Crippen LogP contribution in [0.4, 0.5) is 0 Å². The number of hydrogen-bond donors (Lipinski definition) is 0. The first kappa shape index (κ1) is 22.7. The van der Waals surface area contributed by atoms with E-state index in [1.807, 2.05) is 72.8 Å². The summed E-state index contributed by atoms with van der Waals surface area (Å²) < 4.78 is 5.18. The Labute approximate surface area is 195 Å². The average molecular weight is 440 g/mol. The maximum absolute atomic E-state index is 12.9. The number of hydrogen-bond acceptors (Lipinski definition) is 4. The van der Waals surface area contributed by atoms with Gasteiger partial charge in [-0.05, 0) is 17.5 Å². The Hall–Kier alpha value is -3.50. The third-order valence-corrected chi connectivity index (χ3v) is 5.95. The summed E-state index contributed by atoms with van der Waals surface area (Å²) in [6.45, 7) is 1.87. The Morgan fingerprint density at radius 3 is 1.91 bits per heavy atom. The SMILES string of the molecule is O=C1OCC/C1=C\C(CCC(=O)c1ccccc1)N(Cc1ccccc1)Cc1ccccc1. The largest absolute Gasteiger partial charge is 0.462 e. The van der Waals surface area contributed by atoms with Crippen molar-refractivity contribution in [1.82, 2.24) is 4.90 Å². The molecule has 1 unspecified atom stereocenters. The maximum atomic E-state index is 12.9. The van der Waals surface area contributed by atoms with Crippen LogP contribution in [0.1, 0.15) is 40.7 Å². The van der Waals surface area contributed by atoms with Gasteiger partial charge in [-0.15, -0.1) is 0 Å². The van der Waals surface area contributed by atoms with Gasteiger partial charge in [-0.25, -0.2) is 4.79 Å². The molecule has 0 spiro atoms. The van der Waals surface area contributed by atoms with Gasteiger partial charge in [0.05, 0.1) is 6.61 Å². The van der Waals surface area contributed by atoms with Crippen LogP contribution >= 0.6 is 0 Å². The molecule has 3 aromatic rings. The zero-order valence-electron chi connectivity index (χ0n) is 18.7. The third-order valence-electron chi connectivity index (χ3n) is 5.95. The Morgan fingerprint density at radius 2 is 1.39 bits per heavy atom. The molecule has 0 aromatic heterocycles. The van der Waals surface area contributed by atoms with Crippen molar-refractivity contribution in [2.45, 2.75) is 38.4 Å². The molecule has 4 nitrogen and oxygen atoms in total. The first-order valence-corrected chi connectivity index (χ1v) is 11.5. The highest BCUT2D eigenvalue weighted by Gasteiger charge is 2.24. The molecular weight excluding hydrogens is 410 g/mol. The van der Waals surface area contributed by atoms with Crippen LogP contribution < -0.4 is 0 Å². The van der Waals surface area contributed by atoms with Gasteiger partial charge in [0.1, 0.15) is 0 Å². The molecule has 0 bridgehead atoms. The molecule has 3 aromatic carbocycles. The third kappa shape index (κ3) is 6.50. The molecular formula is C29H29NO3. The fourth-order valence-electron chi connectivity index (χ4n) is 4.18. The minimum absolute atomic E-state index is 0.0706. The number of Topliss-reactive ketones (excluding diaryl/α,β-unsaturated/α-hetero) is 1. The second-order valence-electron chi connectivity index (χ2n) is 8.35. The predicted octanol–water partition coefficient (Wildman–Crippen LogP) is 5.59. The normalized spacial score (nSPS) is 15.5. The van der Waals surface area contributed by atoms with Gasteiger partial charge in [0.2, 0.25) is 0 Å². The van der Waals surface area contributed by atoms with E-state index < -0.39 is 0 Å². The van der Waals surface area contributed by atoms with E-state index in [0.717, 1.165) is 18.7 Å². The highest BCUT2D eigenvalue weighted by atomic mass is 16.5. The molecule has 1 atom stereocenters. The van der Waals surface area contributed by atoms with E-state index in [2.05, 4.69) is 29.2 Å². The summed E-state index contributed by atoms with van der Waals surface area (Å²) in [5.74, 6) is -0.124. The molecule has 4 heteroatoms. The molecule has 4 rings (SSSR count). The molecule has 168 valence electrons. The number of carbonyl (C=O) groups is 2. The number of ether oxygens (including phenoxy) is 1. The van der Waals surface area contributed by atoms with Crippen molar-refractivity contribution in [3.63, 3.8) is 0 Å². The fourth-order valence-corrected chi connectivity index (χ4v) is 4.18. The van der Waals surface area contributed by atoms with Crippen LogP contribution in [0, 0.1) is 0 Å². The van der Waals surface area contributed by atoms with Crippen LogP contribution in [0.5, 0.6) is 0 Å². The van der Waals surface area contributed by atoms with Crippen LogP contribution in [0.15, 0.2) is 103 Å². The van der Waals surface area contributed by atoms with E-state index >= 15 is 0 Å². The molecule has 0 saturated carbocycles. The molecule has 1 aliphatic rings. The number of carbonyl (C=O) groups excluding carboxylic acids is 2. The lowest BCUT2D eigenvalue weighted by Gasteiger charge is -2.30. The van der Waals surface area contributed by atoms with E-state index in [1.165, 1.54) is 11.1 Å². The van der Waals surface area contributed by atoms with Crippen LogP contribution in [-0.4, -0.2) is 29.3 Å². The molecule has 33 heavy (non-hydrogen) atoms. The summed E-state index contributed by atoms with van der Waals surface area (Å²) in [7, 11) is 0. The molecule has 0 amide bonds. The molecule has 1 aliphatic heterocycles. The van der Waals surface area contributed by atoms with Crippen molar-refractivity contribution in [2.24, 2.45) is 0 Å². The topological polar surface area (TPSA) is 46.6 Å². The van der Waals surface area contributed by atoms with Crippen LogP contribution in [0.2, 0.25) is 0 Å². The van der Waals surface area contributed by atoms with Gasteiger partial charge >= 0.3 is 5.97 Å². The highest BCUT2D eigenvalue weighted by molar-refractivity contribution is 5.96. The molecule has 1 fully saturated rings. The number of cyclic esters (lactones) is 1. The van der Waals surface area contributed by atoms with Gasteiger partial charge in [0.25, 0.3) is 0 Å². The summed E-state index contributed by atoms with van der Waals surface area (Å²) in [4.78, 5) is 27.4. The standard InChI is InChI=1S/C29H29NO3/c31-28(25-14-8-3-9-15-25)17-16-27(20-26-18-19-33-29(26)32)30(21-23-10-4-1-5-11-23)22-24-12-6-2-7-13-24/h1-15,20,27H,16-19,21-22H2/b26-20+. The summed E-state index contributed by atoms with van der Waals surface area (Å²) in [5.41, 5.74) is 3.82. The maximum Gasteiger partial charge on any atom is 0.333 e. The van der Waals surface area contributed by atoms with E-state index in [-0.39, 0.29) is 17.8 Å². The van der Waals surface area contributed by atoms with E-state index in [0.29, 0.717) is 31.4 Å². The summed E-state index contributed by atoms with van der Waals surface area (Å²) in [6, 6.07) is 30.0. The molecule has 0 radical (unpaired) electrons. The second kappa shape index (κ2) is 11.4. The highest BCUT2D eigenvalue weighted by Crippen LogP contribution is 2.23. The fraction of sp³-hybridized carbons (Fsp3) is 0.241. The number of nitrogens with zero attached hydrogens (tertiary/aromatic N) is 1. The minimum atomic E-state index is -0.242. The van der Waals surface area contributed by atoms with E-state index in [1.54, 1.807) is 0 Å². The van der Waals surface area contributed by atoms with E-state index in [9.17, 15) is 9.59 Å². The van der Waals surface area contributed by atoms with Crippen molar-refractivity contribution in [2.75, 3.05) is 6.61 Å². The first-order valence-electron chi connectivity index (χ1n) is 11.5. The van der Waals surface area contributed by atoms with Gasteiger partial charge in [0, 0.05) is 43.1 Å². The molecule has 0 N–H and O–H groups in total. The predicted molar refractivity (Wildman–Crippen MR) is 130 cm³/mol. The van der Waals surface area contributed by atoms with Gasteiger partial charge in [0.15, 0.2) is 5.78 Å². The second-order valence-corrected chi connectivity index (χ2v) is 8.35. The number of esters is 1. The monoisotopic (exact) mass is 439 g/mol. The Kier molecular flexibility index (Phi) is 7.83. The Balaban J connectivity index is 1.60. The quantitative estimate of drug-likeness (QED) is 0.235. The lowest BCUT2D eigenvalue weighted by Crippen LogP contribution is -2.34. The summed E-state index contributed by atoms with van der Waals surface area (Å²) in [6.07, 6.45) is 3.68. The zero-order valence-corrected chi connectivity index (χ0v) is 18.7. The zero-order chi connectivity index (χ0) is 22.9. The van der Waals surface area contributed by atoms with Crippen LogP contribution in [0.3, 0.4) is 0 Å². The first-order chi connectivity index (χ1) is 16.2. The summed E-state index contributed by atoms with van der Waals surface area (Å²) >= 11 is 0. The lowest BCUT2D eigenvalue weighted by atomic mass is 9.99. The average Bonchev–Trinajstić information content (AvgIpc) is 3.27. The van der Waals surface area contributed by atoms with Crippen molar-refractivity contribution in [3.05, 3.63) is 119 Å². The number of ketones is 1. The van der Waals surface area contributed by atoms with Crippen molar-refractivity contribution < 1.29 is 14.3 Å². The smallest absolute Gasteiger partial charge is 0.333 e. The Morgan fingerprint density at radius 1 is 0.848 bits per heavy atom. The van der Waals surface area contributed by atoms with Crippen molar-refractivity contribution in [1.29, 1.82) is 0 Å². The van der Waals surface area contributed by atoms with Crippen LogP contribution in [0.25, 0.3) is 0 Å². The molecule has 1 heterocycles. The molecule has 0 aliphatic carbocycles. The minimum Gasteiger partial charge on any atom is -0.462 e. The number of benzene rings is 3. The number of rotatable bonds is 10. The van der Waals surface area contributed by atoms with E-state index in [4.69, 9.17) is 4.74 Å². The Bertz CT molecular complexity index is 1040. The van der Waals surface area contributed by atoms with Gasteiger partial charge in [-0.3, -0.25) is 9.69 Å². The molecule has 1 saturated heterocycles. The lowest BCUT2D eigenvalue weighted by molar-refractivity contribution is -0.135. The van der Waals surface area contributed by atoms with Crippen molar-refractivity contribution in [3.8, 4) is 0 Å². The van der Waals surface area contributed by atoms with Gasteiger partial charge in [-0.2, -0.15) is 0 Å². The van der Waals surface area contributed by atoms with Crippen LogP contribution in [-0.2, 0) is 22.6 Å². The van der Waals surface area contributed by atoms with Gasteiger partial charge in [-0.1, -0.05) is 97.1 Å². The van der Waals surface area contributed by atoms with Crippen molar-refractivity contribution >= 4 is 11.8 Å². The summed E-state index contributed by atoms with van der Waals surface area (Å²) in [5, 5.41) is 0. The van der Waals surface area contributed by atoms with Gasteiger partial charge < -0.3 is 4.74 Å².